The number of likely N-dealkylation sites (N-methyl/N-ethyl adjacent to an activating group) is 2. The first-order chi connectivity index (χ1) is 5.52. The lowest BCUT2D eigenvalue weighted by atomic mass is 9.93. The van der Waals surface area contributed by atoms with Crippen LogP contribution in [0.4, 0.5) is 0 Å². The zero-order valence-corrected chi connectivity index (χ0v) is 8.38. The third kappa shape index (κ3) is 2.73. The van der Waals surface area contributed by atoms with Crippen LogP contribution < -0.4 is 0 Å². The Morgan fingerprint density at radius 2 is 2.17 bits per heavy atom. The number of hydrogen-bond donors (Lipinski definition) is 1. The van der Waals surface area contributed by atoms with Crippen molar-refractivity contribution in [3.8, 4) is 0 Å². The second kappa shape index (κ2) is 3.73. The molecule has 1 atom stereocenters. The predicted octanol–water partition coefficient (Wildman–Crippen LogP) is 0.00470. The van der Waals surface area contributed by atoms with Gasteiger partial charge < -0.3 is 14.9 Å². The third-order valence-corrected chi connectivity index (χ3v) is 2.36. The average Bonchev–Trinajstić information content (AvgIpc) is 1.82. The molecule has 0 unspecified atom stereocenters. The number of aliphatic hydroxyl groups is 1. The van der Waals surface area contributed by atoms with Gasteiger partial charge in [-0.25, -0.2) is 0 Å². The van der Waals surface area contributed by atoms with Gasteiger partial charge in [0.05, 0.1) is 5.60 Å². The summed E-state index contributed by atoms with van der Waals surface area (Å²) in [6.07, 6.45) is 2.05. The lowest BCUT2D eigenvalue weighted by Gasteiger charge is -2.38. The highest BCUT2D eigenvalue weighted by molar-refractivity contribution is 4.87. The van der Waals surface area contributed by atoms with Crippen molar-refractivity contribution in [2.24, 2.45) is 0 Å². The number of likely N-dealkylation sites (tertiary alicyclic amines) is 1. The van der Waals surface area contributed by atoms with Gasteiger partial charge in [0, 0.05) is 13.1 Å². The molecule has 1 rings (SSSR count). The van der Waals surface area contributed by atoms with Gasteiger partial charge in [0.25, 0.3) is 0 Å². The molecule has 0 aliphatic carbocycles. The van der Waals surface area contributed by atoms with Crippen molar-refractivity contribution in [1.82, 2.24) is 9.80 Å². The molecule has 0 aromatic carbocycles. The maximum Gasteiger partial charge on any atom is 0.0900 e. The molecular formula is C9H20N2O. The van der Waals surface area contributed by atoms with Crippen LogP contribution in [0.5, 0.6) is 0 Å². The van der Waals surface area contributed by atoms with Gasteiger partial charge in [0.2, 0.25) is 0 Å². The standard InChI is InChI=1S/C9H20N2O/c1-10(2)7-9(12)5-4-6-11(3)8-9/h12H,4-8H2,1-3H3/t9-/m1/s1. The number of rotatable bonds is 2. The number of hydrogen-bond acceptors (Lipinski definition) is 3. The zero-order valence-electron chi connectivity index (χ0n) is 8.38. The van der Waals surface area contributed by atoms with E-state index in [1.54, 1.807) is 0 Å². The van der Waals surface area contributed by atoms with Crippen LogP contribution in [-0.2, 0) is 0 Å². The van der Waals surface area contributed by atoms with Crippen LogP contribution in [0.1, 0.15) is 12.8 Å². The molecule has 3 heteroatoms. The van der Waals surface area contributed by atoms with Gasteiger partial charge in [-0.3, -0.25) is 0 Å². The van der Waals surface area contributed by atoms with Crippen LogP contribution in [0.15, 0.2) is 0 Å². The van der Waals surface area contributed by atoms with E-state index >= 15 is 0 Å². The van der Waals surface area contributed by atoms with Crippen molar-refractivity contribution in [1.29, 1.82) is 0 Å². The van der Waals surface area contributed by atoms with Crippen molar-refractivity contribution in [3.63, 3.8) is 0 Å². The van der Waals surface area contributed by atoms with Crippen LogP contribution in [-0.4, -0.2) is 61.3 Å². The summed E-state index contributed by atoms with van der Waals surface area (Å²) in [4.78, 5) is 4.26. The van der Waals surface area contributed by atoms with Crippen LogP contribution in [0.2, 0.25) is 0 Å². The molecule has 0 radical (unpaired) electrons. The highest BCUT2D eigenvalue weighted by Gasteiger charge is 2.31. The first-order valence-electron chi connectivity index (χ1n) is 4.57. The topological polar surface area (TPSA) is 26.7 Å². The molecule has 1 heterocycles. The van der Waals surface area contributed by atoms with Gasteiger partial charge >= 0.3 is 0 Å². The van der Waals surface area contributed by atoms with Crippen LogP contribution >= 0.6 is 0 Å². The predicted molar refractivity (Wildman–Crippen MR) is 50.2 cm³/mol. The summed E-state index contributed by atoms with van der Waals surface area (Å²) in [5, 5.41) is 10.1. The van der Waals surface area contributed by atoms with Crippen molar-refractivity contribution < 1.29 is 5.11 Å². The molecule has 1 fully saturated rings. The van der Waals surface area contributed by atoms with Crippen molar-refractivity contribution in [2.75, 3.05) is 40.8 Å². The van der Waals surface area contributed by atoms with E-state index in [0.29, 0.717) is 0 Å². The molecule has 0 amide bonds. The molecule has 1 N–H and O–H groups in total. The third-order valence-electron chi connectivity index (χ3n) is 2.36. The van der Waals surface area contributed by atoms with Gasteiger partial charge in [-0.05, 0) is 40.5 Å². The summed E-state index contributed by atoms with van der Waals surface area (Å²) in [6, 6.07) is 0. The molecule has 0 saturated carbocycles. The summed E-state index contributed by atoms with van der Waals surface area (Å²) in [5.74, 6) is 0. The Balaban J connectivity index is 2.45. The molecule has 1 aliphatic heterocycles. The fourth-order valence-corrected chi connectivity index (χ4v) is 2.06. The Kier molecular flexibility index (Phi) is 3.09. The molecule has 0 aromatic heterocycles. The molecule has 1 aliphatic rings. The largest absolute Gasteiger partial charge is 0.387 e. The van der Waals surface area contributed by atoms with E-state index in [4.69, 9.17) is 0 Å². The van der Waals surface area contributed by atoms with Crippen LogP contribution in [0, 0.1) is 0 Å². The van der Waals surface area contributed by atoms with Gasteiger partial charge in [-0.15, -0.1) is 0 Å². The molecule has 1 saturated heterocycles. The Morgan fingerprint density at radius 1 is 1.50 bits per heavy atom. The Labute approximate surface area is 75.0 Å². The minimum absolute atomic E-state index is 0.476. The summed E-state index contributed by atoms with van der Waals surface area (Å²) in [5.41, 5.74) is -0.476. The second-order valence-corrected chi connectivity index (χ2v) is 4.30. The molecule has 72 valence electrons. The Morgan fingerprint density at radius 3 is 2.67 bits per heavy atom. The minimum atomic E-state index is -0.476. The zero-order chi connectivity index (χ0) is 9.19. The highest BCUT2D eigenvalue weighted by Crippen LogP contribution is 2.20. The number of nitrogens with zero attached hydrogens (tertiary/aromatic N) is 2. The molecule has 12 heavy (non-hydrogen) atoms. The SMILES string of the molecule is CN(C)C[C@]1(O)CCCN(C)C1. The van der Waals surface area contributed by atoms with Gasteiger partial charge in [-0.1, -0.05) is 0 Å². The van der Waals surface area contributed by atoms with E-state index < -0.39 is 5.60 Å². The molecule has 0 spiro atoms. The van der Waals surface area contributed by atoms with E-state index in [0.717, 1.165) is 32.5 Å². The summed E-state index contributed by atoms with van der Waals surface area (Å²) in [7, 11) is 6.08. The average molecular weight is 172 g/mol. The molecular weight excluding hydrogens is 152 g/mol. The number of β-amino-alcohol motifs (C(OH)–C–C–N with tert-alkyl or cyclic N) is 1. The quantitative estimate of drug-likeness (QED) is 0.635. The summed E-state index contributed by atoms with van der Waals surface area (Å²) >= 11 is 0. The van der Waals surface area contributed by atoms with Crippen LogP contribution in [0.25, 0.3) is 0 Å². The van der Waals surface area contributed by atoms with Crippen molar-refractivity contribution >= 4 is 0 Å². The van der Waals surface area contributed by atoms with Crippen LogP contribution in [0.3, 0.4) is 0 Å². The smallest absolute Gasteiger partial charge is 0.0900 e. The number of piperidine rings is 1. The Hall–Kier alpha value is -0.120. The normalized spacial score (nSPS) is 32.8. The molecule has 3 nitrogen and oxygen atoms in total. The molecule has 0 aromatic rings. The van der Waals surface area contributed by atoms with Gasteiger partial charge in [0.15, 0.2) is 0 Å². The van der Waals surface area contributed by atoms with E-state index in [9.17, 15) is 5.11 Å². The lowest BCUT2D eigenvalue weighted by molar-refractivity contribution is -0.0390. The van der Waals surface area contributed by atoms with Crippen molar-refractivity contribution in [2.45, 2.75) is 18.4 Å². The van der Waals surface area contributed by atoms with Crippen molar-refractivity contribution in [3.05, 3.63) is 0 Å². The monoisotopic (exact) mass is 172 g/mol. The van der Waals surface area contributed by atoms with E-state index in [1.165, 1.54) is 0 Å². The first-order valence-corrected chi connectivity index (χ1v) is 4.57. The summed E-state index contributed by atoms with van der Waals surface area (Å²) in [6.45, 7) is 2.71. The van der Waals surface area contributed by atoms with E-state index in [2.05, 4.69) is 16.8 Å². The molecule has 0 bridgehead atoms. The maximum absolute atomic E-state index is 10.1. The summed E-state index contributed by atoms with van der Waals surface area (Å²) < 4.78 is 0. The van der Waals surface area contributed by atoms with Gasteiger partial charge in [-0.2, -0.15) is 0 Å². The Bertz CT molecular complexity index is 145. The fraction of sp³-hybridized carbons (Fsp3) is 1.00. The maximum atomic E-state index is 10.1. The first kappa shape index (κ1) is 9.96. The van der Waals surface area contributed by atoms with E-state index in [1.807, 2.05) is 14.1 Å². The van der Waals surface area contributed by atoms with Gasteiger partial charge in [0.1, 0.15) is 0 Å². The lowest BCUT2D eigenvalue weighted by Crippen LogP contribution is -2.51. The fourth-order valence-electron chi connectivity index (χ4n) is 2.06. The minimum Gasteiger partial charge on any atom is -0.387 e. The second-order valence-electron chi connectivity index (χ2n) is 4.30. The highest BCUT2D eigenvalue weighted by atomic mass is 16.3. The van der Waals surface area contributed by atoms with E-state index in [-0.39, 0.29) is 0 Å².